The summed E-state index contributed by atoms with van der Waals surface area (Å²) in [5.41, 5.74) is -0.201. The quantitative estimate of drug-likeness (QED) is 0.512. The van der Waals surface area contributed by atoms with Gasteiger partial charge in [0.15, 0.2) is 0 Å². The van der Waals surface area contributed by atoms with Crippen LogP contribution in [0.25, 0.3) is 0 Å². The summed E-state index contributed by atoms with van der Waals surface area (Å²) in [4.78, 5) is 11.4. The molecule has 0 aliphatic heterocycles. The lowest BCUT2D eigenvalue weighted by Crippen LogP contribution is -2.28. The zero-order valence-corrected chi connectivity index (χ0v) is 8.55. The predicted molar refractivity (Wildman–Crippen MR) is 50.5 cm³/mol. The Kier molecular flexibility index (Phi) is 4.42. The van der Waals surface area contributed by atoms with E-state index >= 15 is 0 Å². The average molecular weight is 172 g/mol. The van der Waals surface area contributed by atoms with E-state index in [2.05, 4.69) is 0 Å². The second-order valence-corrected chi connectivity index (χ2v) is 4.26. The molecule has 0 radical (unpaired) electrons. The molecular weight excluding hydrogens is 152 g/mol. The molecule has 0 saturated carbocycles. The third-order valence-corrected chi connectivity index (χ3v) is 1.75. The van der Waals surface area contributed by atoms with Crippen LogP contribution in [0.1, 0.15) is 33.6 Å². The van der Waals surface area contributed by atoms with Crippen LogP contribution in [0.3, 0.4) is 0 Å². The molecule has 3 nitrogen and oxygen atoms in total. The Balaban J connectivity index is 3.59. The topological polar surface area (TPSA) is 46.3 Å². The van der Waals surface area contributed by atoms with Crippen molar-refractivity contribution >= 4 is 5.78 Å². The molecule has 0 aromatic rings. The number of rotatable bonds is 4. The maximum absolute atomic E-state index is 11.4. The monoisotopic (exact) mass is 172 g/mol. The summed E-state index contributed by atoms with van der Waals surface area (Å²) in [5, 5.41) is 1.61. The normalized spacial score (nSPS) is 12.2. The first-order chi connectivity index (χ1) is 5.34. The third-order valence-electron chi connectivity index (χ3n) is 1.75. The number of ketones is 1. The van der Waals surface area contributed by atoms with Crippen LogP contribution in [0.4, 0.5) is 0 Å². The van der Waals surface area contributed by atoms with Crippen molar-refractivity contribution < 1.29 is 4.79 Å². The molecule has 0 atom stereocenters. The van der Waals surface area contributed by atoms with Crippen molar-refractivity contribution in [3.8, 4) is 0 Å². The van der Waals surface area contributed by atoms with Crippen molar-refractivity contribution in [2.45, 2.75) is 33.6 Å². The lowest BCUT2D eigenvalue weighted by molar-refractivity contribution is -0.126. The van der Waals surface area contributed by atoms with E-state index in [4.69, 9.17) is 5.84 Å². The Morgan fingerprint density at radius 1 is 1.42 bits per heavy atom. The van der Waals surface area contributed by atoms with E-state index < -0.39 is 0 Å². The molecular formula is C9H20N2O. The van der Waals surface area contributed by atoms with Gasteiger partial charge in [0.2, 0.25) is 0 Å². The summed E-state index contributed by atoms with van der Waals surface area (Å²) in [5.74, 6) is 5.72. The molecule has 0 amide bonds. The van der Waals surface area contributed by atoms with Gasteiger partial charge < -0.3 is 0 Å². The van der Waals surface area contributed by atoms with Gasteiger partial charge in [-0.05, 0) is 6.42 Å². The SMILES string of the molecule is CN(N)CCCC(=O)C(C)(C)C. The van der Waals surface area contributed by atoms with Crippen LogP contribution in [-0.4, -0.2) is 24.4 Å². The molecule has 0 saturated heterocycles. The molecule has 3 heteroatoms. The van der Waals surface area contributed by atoms with Gasteiger partial charge in [-0.25, -0.2) is 0 Å². The molecule has 0 spiro atoms. The van der Waals surface area contributed by atoms with Gasteiger partial charge in [-0.1, -0.05) is 20.8 Å². The smallest absolute Gasteiger partial charge is 0.138 e. The molecule has 0 aliphatic rings. The van der Waals surface area contributed by atoms with E-state index in [1.807, 2.05) is 27.8 Å². The minimum absolute atomic E-state index is 0.201. The molecule has 0 unspecified atom stereocenters. The molecule has 0 aliphatic carbocycles. The first-order valence-electron chi connectivity index (χ1n) is 4.33. The molecule has 72 valence electrons. The highest BCUT2D eigenvalue weighted by Gasteiger charge is 2.19. The maximum atomic E-state index is 11.4. The van der Waals surface area contributed by atoms with Gasteiger partial charge in [0.25, 0.3) is 0 Å². The molecule has 0 rings (SSSR count). The van der Waals surface area contributed by atoms with Crippen LogP contribution in [-0.2, 0) is 4.79 Å². The second-order valence-electron chi connectivity index (χ2n) is 4.26. The number of carbonyl (C=O) groups is 1. The van der Waals surface area contributed by atoms with Crippen molar-refractivity contribution in [2.75, 3.05) is 13.6 Å². The van der Waals surface area contributed by atoms with Crippen LogP contribution < -0.4 is 5.84 Å². The predicted octanol–water partition coefficient (Wildman–Crippen LogP) is 1.19. The fourth-order valence-electron chi connectivity index (χ4n) is 0.864. The van der Waals surface area contributed by atoms with Crippen molar-refractivity contribution in [1.29, 1.82) is 0 Å². The third kappa shape index (κ3) is 5.27. The van der Waals surface area contributed by atoms with Crippen molar-refractivity contribution in [2.24, 2.45) is 11.3 Å². The van der Waals surface area contributed by atoms with Gasteiger partial charge in [-0.2, -0.15) is 0 Å². The van der Waals surface area contributed by atoms with Gasteiger partial charge in [0.05, 0.1) is 0 Å². The number of nitrogens with zero attached hydrogens (tertiary/aromatic N) is 1. The molecule has 0 aromatic heterocycles. The van der Waals surface area contributed by atoms with E-state index in [-0.39, 0.29) is 5.41 Å². The molecule has 12 heavy (non-hydrogen) atoms. The van der Waals surface area contributed by atoms with Crippen LogP contribution in [0, 0.1) is 5.41 Å². The van der Waals surface area contributed by atoms with E-state index in [0.717, 1.165) is 13.0 Å². The highest BCUT2D eigenvalue weighted by molar-refractivity contribution is 5.83. The molecule has 0 bridgehead atoms. The van der Waals surface area contributed by atoms with Crippen molar-refractivity contribution in [3.05, 3.63) is 0 Å². The Morgan fingerprint density at radius 3 is 2.25 bits per heavy atom. The van der Waals surface area contributed by atoms with Crippen molar-refractivity contribution in [1.82, 2.24) is 5.01 Å². The molecule has 2 N–H and O–H groups in total. The fraction of sp³-hybridized carbons (Fsp3) is 0.889. The Hall–Kier alpha value is -0.410. The first-order valence-corrected chi connectivity index (χ1v) is 4.33. The second kappa shape index (κ2) is 4.58. The highest BCUT2D eigenvalue weighted by Crippen LogP contribution is 2.17. The zero-order chi connectivity index (χ0) is 9.78. The largest absolute Gasteiger partial charge is 0.299 e. The van der Waals surface area contributed by atoms with E-state index in [1.165, 1.54) is 0 Å². The Bertz CT molecular complexity index is 147. The summed E-state index contributed by atoms with van der Waals surface area (Å²) in [6, 6.07) is 0. The average Bonchev–Trinajstić information content (AvgIpc) is 1.84. The number of hydrogen-bond donors (Lipinski definition) is 1. The van der Waals surface area contributed by atoms with Crippen LogP contribution >= 0.6 is 0 Å². The summed E-state index contributed by atoms with van der Waals surface area (Å²) in [6.45, 7) is 6.62. The molecule has 0 aromatic carbocycles. The van der Waals surface area contributed by atoms with Gasteiger partial charge in [-0.3, -0.25) is 15.6 Å². The lowest BCUT2D eigenvalue weighted by atomic mass is 9.88. The summed E-state index contributed by atoms with van der Waals surface area (Å²) < 4.78 is 0. The summed E-state index contributed by atoms with van der Waals surface area (Å²) in [6.07, 6.45) is 1.48. The maximum Gasteiger partial charge on any atom is 0.138 e. The number of carbonyl (C=O) groups excluding carboxylic acids is 1. The van der Waals surface area contributed by atoms with Gasteiger partial charge in [0, 0.05) is 25.4 Å². The highest BCUT2D eigenvalue weighted by atomic mass is 16.1. The van der Waals surface area contributed by atoms with E-state index in [9.17, 15) is 4.79 Å². The Morgan fingerprint density at radius 2 is 1.92 bits per heavy atom. The van der Waals surface area contributed by atoms with Crippen LogP contribution in [0.15, 0.2) is 0 Å². The standard InChI is InChI=1S/C9H20N2O/c1-9(2,3)8(12)6-5-7-11(4)10/h5-7,10H2,1-4H3. The number of hydrogen-bond acceptors (Lipinski definition) is 3. The molecule has 0 fully saturated rings. The number of Topliss-reactive ketones (excluding diaryl/α,β-unsaturated/α-hetero) is 1. The lowest BCUT2D eigenvalue weighted by Gasteiger charge is -2.17. The fourth-order valence-corrected chi connectivity index (χ4v) is 0.864. The molecule has 0 heterocycles. The Labute approximate surface area is 74.9 Å². The summed E-state index contributed by atoms with van der Waals surface area (Å²) in [7, 11) is 1.81. The van der Waals surface area contributed by atoms with E-state index in [1.54, 1.807) is 5.01 Å². The van der Waals surface area contributed by atoms with Crippen molar-refractivity contribution in [3.63, 3.8) is 0 Å². The van der Waals surface area contributed by atoms with Crippen LogP contribution in [0.5, 0.6) is 0 Å². The first kappa shape index (κ1) is 11.6. The van der Waals surface area contributed by atoms with Gasteiger partial charge in [0.1, 0.15) is 5.78 Å². The van der Waals surface area contributed by atoms with Gasteiger partial charge in [-0.15, -0.1) is 0 Å². The zero-order valence-electron chi connectivity index (χ0n) is 8.55. The number of hydrazine groups is 1. The minimum atomic E-state index is -0.201. The van der Waals surface area contributed by atoms with Crippen LogP contribution in [0.2, 0.25) is 0 Å². The minimum Gasteiger partial charge on any atom is -0.299 e. The van der Waals surface area contributed by atoms with E-state index in [0.29, 0.717) is 12.2 Å². The summed E-state index contributed by atoms with van der Waals surface area (Å²) >= 11 is 0. The number of nitrogens with two attached hydrogens (primary N) is 1. The van der Waals surface area contributed by atoms with Gasteiger partial charge >= 0.3 is 0 Å².